The summed E-state index contributed by atoms with van der Waals surface area (Å²) in [6.45, 7) is 1.97. The SMILES string of the molecule is Cc1cc(-c2cccc(Cl)c2Cl)nc2c(Br)cnn12. The van der Waals surface area contributed by atoms with E-state index >= 15 is 0 Å². The summed E-state index contributed by atoms with van der Waals surface area (Å²) in [6.07, 6.45) is 1.72. The summed E-state index contributed by atoms with van der Waals surface area (Å²) >= 11 is 15.7. The van der Waals surface area contributed by atoms with Gasteiger partial charge in [0, 0.05) is 11.3 Å². The van der Waals surface area contributed by atoms with Crippen molar-refractivity contribution in [3.05, 3.63) is 50.7 Å². The summed E-state index contributed by atoms with van der Waals surface area (Å²) in [4.78, 5) is 4.58. The summed E-state index contributed by atoms with van der Waals surface area (Å²) < 4.78 is 2.61. The number of halogens is 3. The van der Waals surface area contributed by atoms with Crippen LogP contribution >= 0.6 is 39.1 Å². The summed E-state index contributed by atoms with van der Waals surface area (Å²) in [5, 5.41) is 5.27. The van der Waals surface area contributed by atoms with Crippen LogP contribution in [-0.4, -0.2) is 14.6 Å². The first-order valence-electron chi connectivity index (χ1n) is 5.53. The Morgan fingerprint density at radius 1 is 1.26 bits per heavy atom. The normalized spacial score (nSPS) is 11.2. The Morgan fingerprint density at radius 2 is 2.05 bits per heavy atom. The topological polar surface area (TPSA) is 30.2 Å². The maximum Gasteiger partial charge on any atom is 0.170 e. The first-order valence-corrected chi connectivity index (χ1v) is 7.08. The van der Waals surface area contributed by atoms with Gasteiger partial charge in [-0.3, -0.25) is 0 Å². The van der Waals surface area contributed by atoms with E-state index in [9.17, 15) is 0 Å². The first kappa shape index (κ1) is 12.9. The van der Waals surface area contributed by atoms with Crippen LogP contribution in [0.3, 0.4) is 0 Å². The molecule has 0 amide bonds. The van der Waals surface area contributed by atoms with Gasteiger partial charge in [0.2, 0.25) is 0 Å². The molecule has 0 aliphatic heterocycles. The fourth-order valence-electron chi connectivity index (χ4n) is 1.93. The van der Waals surface area contributed by atoms with E-state index in [1.165, 1.54) is 0 Å². The molecule has 0 aliphatic carbocycles. The molecule has 96 valence electrons. The molecule has 0 spiro atoms. The van der Waals surface area contributed by atoms with Crippen LogP contribution in [0.4, 0.5) is 0 Å². The maximum atomic E-state index is 6.24. The van der Waals surface area contributed by atoms with Crippen molar-refractivity contribution in [2.75, 3.05) is 0 Å². The Balaban J connectivity index is 2.31. The van der Waals surface area contributed by atoms with Crippen LogP contribution in [0.5, 0.6) is 0 Å². The number of aryl methyl sites for hydroxylation is 1. The Bertz CT molecular complexity index is 783. The molecule has 0 radical (unpaired) electrons. The zero-order chi connectivity index (χ0) is 13.6. The minimum absolute atomic E-state index is 0.510. The van der Waals surface area contributed by atoms with E-state index in [2.05, 4.69) is 26.0 Å². The minimum Gasteiger partial charge on any atom is -0.227 e. The minimum atomic E-state index is 0.510. The van der Waals surface area contributed by atoms with Crippen LogP contribution in [0.25, 0.3) is 16.9 Å². The molecule has 0 unspecified atom stereocenters. The average molecular weight is 357 g/mol. The number of benzene rings is 1. The van der Waals surface area contributed by atoms with Crippen molar-refractivity contribution in [3.63, 3.8) is 0 Å². The molecule has 0 saturated carbocycles. The van der Waals surface area contributed by atoms with Gasteiger partial charge in [0.1, 0.15) is 0 Å². The molecule has 2 aromatic heterocycles. The molecule has 3 aromatic rings. The highest BCUT2D eigenvalue weighted by Gasteiger charge is 2.12. The molecule has 0 saturated heterocycles. The van der Waals surface area contributed by atoms with Crippen molar-refractivity contribution in [2.45, 2.75) is 6.92 Å². The summed E-state index contributed by atoms with van der Waals surface area (Å²) in [5.74, 6) is 0. The van der Waals surface area contributed by atoms with Gasteiger partial charge in [0.25, 0.3) is 0 Å². The van der Waals surface area contributed by atoms with E-state index in [-0.39, 0.29) is 0 Å². The second-order valence-electron chi connectivity index (χ2n) is 4.11. The first-order chi connectivity index (χ1) is 9.08. The van der Waals surface area contributed by atoms with Crippen LogP contribution in [0, 0.1) is 6.92 Å². The molecule has 3 nitrogen and oxygen atoms in total. The molecular formula is C13H8BrCl2N3. The van der Waals surface area contributed by atoms with Gasteiger partial charge < -0.3 is 0 Å². The molecule has 0 fully saturated rings. The largest absolute Gasteiger partial charge is 0.227 e. The van der Waals surface area contributed by atoms with Gasteiger partial charge in [-0.25, -0.2) is 9.50 Å². The molecular weight excluding hydrogens is 349 g/mol. The second kappa shape index (κ2) is 4.78. The zero-order valence-corrected chi connectivity index (χ0v) is 13.0. The maximum absolute atomic E-state index is 6.24. The highest BCUT2D eigenvalue weighted by Crippen LogP contribution is 2.33. The predicted octanol–water partition coefficient (Wildman–Crippen LogP) is 4.77. The van der Waals surface area contributed by atoms with E-state index in [0.29, 0.717) is 10.0 Å². The van der Waals surface area contributed by atoms with Gasteiger partial charge in [0.05, 0.1) is 26.4 Å². The fraction of sp³-hybridized carbons (Fsp3) is 0.0769. The molecule has 19 heavy (non-hydrogen) atoms. The third kappa shape index (κ3) is 2.14. The van der Waals surface area contributed by atoms with Crippen LogP contribution in [0.1, 0.15) is 5.69 Å². The third-order valence-corrected chi connectivity index (χ3v) is 4.21. The Hall–Kier alpha value is -1.10. The standard InChI is InChI=1S/C13H8BrCl2N3/c1-7-5-11(8-3-2-4-10(15)12(8)16)18-13-9(14)6-17-19(7)13/h2-6H,1H3. The lowest BCUT2D eigenvalue weighted by Gasteiger charge is -2.07. The van der Waals surface area contributed by atoms with Gasteiger partial charge in [-0.1, -0.05) is 35.3 Å². The Kier molecular flexibility index (Phi) is 3.25. The number of rotatable bonds is 1. The van der Waals surface area contributed by atoms with Crippen molar-refractivity contribution in [2.24, 2.45) is 0 Å². The summed E-state index contributed by atoms with van der Waals surface area (Å²) in [6, 6.07) is 7.45. The predicted molar refractivity (Wildman–Crippen MR) is 80.9 cm³/mol. The van der Waals surface area contributed by atoms with Crippen molar-refractivity contribution < 1.29 is 0 Å². The number of nitrogens with zero attached hydrogens (tertiary/aromatic N) is 3. The van der Waals surface area contributed by atoms with E-state index in [4.69, 9.17) is 23.2 Å². The van der Waals surface area contributed by atoms with Crippen molar-refractivity contribution in [3.8, 4) is 11.3 Å². The lowest BCUT2D eigenvalue weighted by molar-refractivity contribution is 0.896. The highest BCUT2D eigenvalue weighted by molar-refractivity contribution is 9.10. The fourth-order valence-corrected chi connectivity index (χ4v) is 2.67. The smallest absolute Gasteiger partial charge is 0.170 e. The number of aromatic nitrogens is 3. The van der Waals surface area contributed by atoms with Gasteiger partial charge in [-0.05, 0) is 35.0 Å². The zero-order valence-electron chi connectivity index (χ0n) is 9.86. The van der Waals surface area contributed by atoms with Crippen molar-refractivity contribution >= 4 is 44.8 Å². The summed E-state index contributed by atoms with van der Waals surface area (Å²) in [5.41, 5.74) is 3.32. The molecule has 3 rings (SSSR count). The average Bonchev–Trinajstić information content (AvgIpc) is 2.75. The van der Waals surface area contributed by atoms with Crippen LogP contribution in [0.2, 0.25) is 10.0 Å². The van der Waals surface area contributed by atoms with Gasteiger partial charge >= 0.3 is 0 Å². The third-order valence-electron chi connectivity index (χ3n) is 2.83. The molecule has 0 bridgehead atoms. The Morgan fingerprint density at radius 3 is 2.84 bits per heavy atom. The summed E-state index contributed by atoms with van der Waals surface area (Å²) in [7, 11) is 0. The molecule has 6 heteroatoms. The van der Waals surface area contributed by atoms with Crippen molar-refractivity contribution in [1.29, 1.82) is 0 Å². The number of fused-ring (bicyclic) bond motifs is 1. The number of hydrogen-bond acceptors (Lipinski definition) is 2. The molecule has 2 heterocycles. The molecule has 1 aromatic carbocycles. The Labute approximate surface area is 128 Å². The lowest BCUT2D eigenvalue weighted by Crippen LogP contribution is -1.97. The lowest BCUT2D eigenvalue weighted by atomic mass is 10.1. The monoisotopic (exact) mass is 355 g/mol. The van der Waals surface area contributed by atoms with E-state index in [1.807, 2.05) is 25.1 Å². The van der Waals surface area contributed by atoms with Gasteiger partial charge in [-0.15, -0.1) is 0 Å². The second-order valence-corrected chi connectivity index (χ2v) is 5.75. The van der Waals surface area contributed by atoms with Crippen LogP contribution in [-0.2, 0) is 0 Å². The van der Waals surface area contributed by atoms with E-state index < -0.39 is 0 Å². The highest BCUT2D eigenvalue weighted by atomic mass is 79.9. The van der Waals surface area contributed by atoms with Crippen LogP contribution < -0.4 is 0 Å². The van der Waals surface area contributed by atoms with Gasteiger partial charge in [-0.2, -0.15) is 5.10 Å². The number of hydrogen-bond donors (Lipinski definition) is 0. The van der Waals surface area contributed by atoms with E-state index in [1.54, 1.807) is 16.8 Å². The quantitative estimate of drug-likeness (QED) is 0.628. The van der Waals surface area contributed by atoms with Crippen molar-refractivity contribution in [1.82, 2.24) is 14.6 Å². The van der Waals surface area contributed by atoms with Crippen LogP contribution in [0.15, 0.2) is 34.9 Å². The molecule has 0 N–H and O–H groups in total. The van der Waals surface area contributed by atoms with E-state index in [0.717, 1.165) is 27.1 Å². The molecule has 0 atom stereocenters. The van der Waals surface area contributed by atoms with Gasteiger partial charge in [0.15, 0.2) is 5.65 Å². The molecule has 0 aliphatic rings.